The van der Waals surface area contributed by atoms with Gasteiger partial charge in [-0.25, -0.2) is 8.42 Å². The lowest BCUT2D eigenvalue weighted by atomic mass is 10.0. The molecule has 1 aromatic rings. The van der Waals surface area contributed by atoms with Crippen molar-refractivity contribution in [1.29, 1.82) is 0 Å². The first kappa shape index (κ1) is 17.9. The Kier molecular flexibility index (Phi) is 5.81. The van der Waals surface area contributed by atoms with Crippen molar-refractivity contribution in [3.8, 4) is 0 Å². The molecular weight excluding hydrogens is 312 g/mol. The van der Waals surface area contributed by atoms with Crippen LogP contribution in [0, 0.1) is 12.8 Å². The van der Waals surface area contributed by atoms with Crippen molar-refractivity contribution in [2.75, 3.05) is 13.1 Å². The van der Waals surface area contributed by atoms with Crippen molar-refractivity contribution in [3.63, 3.8) is 0 Å². The number of hydrogen-bond donors (Lipinski definition) is 1. The maximum atomic E-state index is 12.7. The van der Waals surface area contributed by atoms with Crippen molar-refractivity contribution in [2.45, 2.75) is 51.0 Å². The van der Waals surface area contributed by atoms with Gasteiger partial charge in [-0.1, -0.05) is 32.0 Å². The molecule has 1 aliphatic rings. The summed E-state index contributed by atoms with van der Waals surface area (Å²) in [6.07, 6.45) is 2.48. The molecule has 6 heteroatoms. The Hall–Kier alpha value is -1.40. The molecule has 1 aromatic carbocycles. The molecule has 1 saturated heterocycles. The van der Waals surface area contributed by atoms with E-state index in [-0.39, 0.29) is 16.7 Å². The summed E-state index contributed by atoms with van der Waals surface area (Å²) in [7, 11) is -3.71. The summed E-state index contributed by atoms with van der Waals surface area (Å²) in [5.74, 6) is 0.125. The molecule has 1 amide bonds. The van der Waals surface area contributed by atoms with Gasteiger partial charge in [0.05, 0.1) is 4.90 Å². The van der Waals surface area contributed by atoms with Crippen LogP contribution in [0.3, 0.4) is 0 Å². The number of nitrogens with zero attached hydrogens (tertiary/aromatic N) is 1. The molecule has 0 aromatic heterocycles. The highest BCUT2D eigenvalue weighted by Crippen LogP contribution is 2.18. The maximum absolute atomic E-state index is 12.7. The molecule has 0 saturated carbocycles. The molecule has 2 rings (SSSR count). The fourth-order valence-electron chi connectivity index (χ4n) is 2.94. The van der Waals surface area contributed by atoms with Crippen molar-refractivity contribution < 1.29 is 13.2 Å². The smallest absolute Gasteiger partial charge is 0.241 e. The zero-order valence-electron chi connectivity index (χ0n) is 14.1. The van der Waals surface area contributed by atoms with E-state index in [0.717, 1.165) is 25.9 Å². The van der Waals surface area contributed by atoms with Crippen molar-refractivity contribution in [2.24, 2.45) is 5.92 Å². The van der Waals surface area contributed by atoms with Gasteiger partial charge in [-0.3, -0.25) is 4.79 Å². The van der Waals surface area contributed by atoms with E-state index in [2.05, 4.69) is 4.72 Å². The highest BCUT2D eigenvalue weighted by molar-refractivity contribution is 7.89. The van der Waals surface area contributed by atoms with E-state index in [1.807, 2.05) is 13.8 Å². The first-order valence-corrected chi connectivity index (χ1v) is 9.66. The van der Waals surface area contributed by atoms with Gasteiger partial charge in [0.2, 0.25) is 15.9 Å². The number of carbonyl (C=O) groups excluding carboxylic acids is 1. The van der Waals surface area contributed by atoms with Gasteiger partial charge in [-0.15, -0.1) is 0 Å². The zero-order valence-corrected chi connectivity index (χ0v) is 14.9. The molecule has 0 bridgehead atoms. The van der Waals surface area contributed by atoms with Crippen LogP contribution in [-0.4, -0.2) is 38.4 Å². The molecule has 0 unspecified atom stereocenters. The van der Waals surface area contributed by atoms with Gasteiger partial charge in [-0.2, -0.15) is 4.72 Å². The largest absolute Gasteiger partial charge is 0.341 e. The predicted octanol–water partition coefficient (Wildman–Crippen LogP) is 2.31. The van der Waals surface area contributed by atoms with Gasteiger partial charge in [0.15, 0.2) is 0 Å². The maximum Gasteiger partial charge on any atom is 0.241 e. The van der Waals surface area contributed by atoms with E-state index in [9.17, 15) is 13.2 Å². The summed E-state index contributed by atoms with van der Waals surface area (Å²) in [6.45, 7) is 7.19. The molecule has 5 nitrogen and oxygen atoms in total. The fraction of sp³-hybridized carbons (Fsp3) is 0.588. The summed E-state index contributed by atoms with van der Waals surface area (Å²) in [4.78, 5) is 14.7. The molecular formula is C17H26N2O3S. The average Bonchev–Trinajstić information content (AvgIpc) is 2.99. The highest BCUT2D eigenvalue weighted by Gasteiger charge is 2.31. The van der Waals surface area contributed by atoms with Crippen LogP contribution in [0.4, 0.5) is 0 Å². The van der Waals surface area contributed by atoms with E-state index >= 15 is 0 Å². The molecule has 23 heavy (non-hydrogen) atoms. The van der Waals surface area contributed by atoms with Gasteiger partial charge in [0.25, 0.3) is 0 Å². The summed E-state index contributed by atoms with van der Waals surface area (Å²) in [5, 5.41) is 0. The van der Waals surface area contributed by atoms with Crippen LogP contribution in [0.1, 0.15) is 38.7 Å². The standard InChI is InChI=1S/C17H26N2O3S/c1-13(2)12-15(17(20)19-10-6-7-11-19)18-23(21,22)16-9-5-4-8-14(16)3/h4-5,8-9,13,15,18H,6-7,10-12H2,1-3H3/t15-/m0/s1. The molecule has 1 fully saturated rings. The number of benzene rings is 1. The third kappa shape index (κ3) is 4.54. The van der Waals surface area contributed by atoms with Crippen LogP contribution < -0.4 is 4.72 Å². The summed E-state index contributed by atoms with van der Waals surface area (Å²) < 4.78 is 28.0. The number of amides is 1. The van der Waals surface area contributed by atoms with E-state index in [0.29, 0.717) is 12.0 Å². The van der Waals surface area contributed by atoms with Crippen LogP contribution in [0.5, 0.6) is 0 Å². The Labute approximate surface area is 139 Å². The Morgan fingerprint density at radius 1 is 1.22 bits per heavy atom. The summed E-state index contributed by atoms with van der Waals surface area (Å²) >= 11 is 0. The van der Waals surface area contributed by atoms with E-state index in [4.69, 9.17) is 0 Å². The first-order valence-electron chi connectivity index (χ1n) is 8.18. The van der Waals surface area contributed by atoms with E-state index in [1.165, 1.54) is 0 Å². The topological polar surface area (TPSA) is 66.5 Å². The van der Waals surface area contributed by atoms with Crippen LogP contribution in [0.25, 0.3) is 0 Å². The number of carbonyl (C=O) groups is 1. The normalized spacial score (nSPS) is 16.8. The van der Waals surface area contributed by atoms with Gasteiger partial charge in [0.1, 0.15) is 6.04 Å². The van der Waals surface area contributed by atoms with Crippen LogP contribution in [0.15, 0.2) is 29.2 Å². The Morgan fingerprint density at radius 3 is 2.39 bits per heavy atom. The number of aryl methyl sites for hydroxylation is 1. The molecule has 0 aliphatic carbocycles. The van der Waals surface area contributed by atoms with Crippen molar-refractivity contribution in [1.82, 2.24) is 9.62 Å². The Bertz CT molecular complexity index is 650. The van der Waals surface area contributed by atoms with E-state index < -0.39 is 16.1 Å². The van der Waals surface area contributed by atoms with E-state index in [1.54, 1.807) is 36.1 Å². The summed E-state index contributed by atoms with van der Waals surface area (Å²) in [6, 6.07) is 6.13. The van der Waals surface area contributed by atoms with Gasteiger partial charge < -0.3 is 4.90 Å². The van der Waals surface area contributed by atoms with Crippen molar-refractivity contribution >= 4 is 15.9 Å². The molecule has 1 aliphatic heterocycles. The lowest BCUT2D eigenvalue weighted by molar-refractivity contribution is -0.132. The lowest BCUT2D eigenvalue weighted by Crippen LogP contribution is -2.48. The minimum Gasteiger partial charge on any atom is -0.341 e. The second-order valence-corrected chi connectivity index (χ2v) is 8.28. The fourth-order valence-corrected chi connectivity index (χ4v) is 4.39. The molecule has 0 spiro atoms. The second-order valence-electron chi connectivity index (χ2n) is 6.60. The number of sulfonamides is 1. The van der Waals surface area contributed by atoms with Gasteiger partial charge >= 0.3 is 0 Å². The summed E-state index contributed by atoms with van der Waals surface area (Å²) in [5.41, 5.74) is 0.678. The van der Waals surface area contributed by atoms with Gasteiger partial charge in [-0.05, 0) is 43.7 Å². The first-order chi connectivity index (χ1) is 10.8. The average molecular weight is 338 g/mol. The molecule has 1 N–H and O–H groups in total. The zero-order chi connectivity index (χ0) is 17.0. The van der Waals surface area contributed by atoms with Crippen LogP contribution in [0.2, 0.25) is 0 Å². The SMILES string of the molecule is Cc1ccccc1S(=O)(=O)N[C@@H](CC(C)C)C(=O)N1CCCC1. The number of hydrogen-bond acceptors (Lipinski definition) is 3. The Morgan fingerprint density at radius 2 is 1.83 bits per heavy atom. The number of nitrogens with one attached hydrogen (secondary N) is 1. The number of likely N-dealkylation sites (tertiary alicyclic amines) is 1. The molecule has 128 valence electrons. The quantitative estimate of drug-likeness (QED) is 0.865. The second kappa shape index (κ2) is 7.45. The number of rotatable bonds is 6. The third-order valence-corrected chi connectivity index (χ3v) is 5.74. The molecule has 1 heterocycles. The highest BCUT2D eigenvalue weighted by atomic mass is 32.2. The van der Waals surface area contributed by atoms with Crippen molar-refractivity contribution in [3.05, 3.63) is 29.8 Å². The minimum atomic E-state index is -3.71. The van der Waals surface area contributed by atoms with Crippen LogP contribution in [-0.2, 0) is 14.8 Å². The van der Waals surface area contributed by atoms with Gasteiger partial charge in [0, 0.05) is 13.1 Å². The molecule has 1 atom stereocenters. The lowest BCUT2D eigenvalue weighted by Gasteiger charge is -2.25. The molecule has 0 radical (unpaired) electrons. The Balaban J connectivity index is 2.22. The predicted molar refractivity (Wildman–Crippen MR) is 90.6 cm³/mol. The third-order valence-electron chi connectivity index (χ3n) is 4.10. The van der Waals surface area contributed by atoms with Crippen LogP contribution >= 0.6 is 0 Å². The minimum absolute atomic E-state index is 0.103. The monoisotopic (exact) mass is 338 g/mol.